The van der Waals surface area contributed by atoms with Crippen LogP contribution < -0.4 is 20.1 Å². The standard InChI is InChI=1S/C24H36N4O3.HI/c1-4-29-22-11-10-19(17-23(22)30-5-2)12-13-26-24(25-3)27-18-20(21-9-8-16-31-21)28-14-6-7-15-28;/h8-11,16-17,20H,4-7,12-15,18H2,1-3H3,(H2,25,26,27);1H. The Morgan fingerprint density at radius 3 is 2.50 bits per heavy atom. The molecule has 0 saturated carbocycles. The molecule has 0 spiro atoms. The molecule has 2 heterocycles. The summed E-state index contributed by atoms with van der Waals surface area (Å²) in [6.45, 7) is 8.95. The summed E-state index contributed by atoms with van der Waals surface area (Å²) in [6.07, 6.45) is 5.10. The molecule has 0 amide bonds. The second-order valence-corrected chi connectivity index (χ2v) is 7.55. The molecule has 178 valence electrons. The molecule has 2 N–H and O–H groups in total. The Balaban J connectivity index is 0.00000363. The van der Waals surface area contributed by atoms with E-state index in [0.29, 0.717) is 13.2 Å². The predicted molar refractivity (Wildman–Crippen MR) is 140 cm³/mol. The number of benzene rings is 1. The first kappa shape index (κ1) is 26.3. The van der Waals surface area contributed by atoms with Crippen LogP contribution in [0.1, 0.15) is 44.1 Å². The van der Waals surface area contributed by atoms with Crippen molar-refractivity contribution in [3.63, 3.8) is 0 Å². The predicted octanol–water partition coefficient (Wildman–Crippen LogP) is 4.24. The third kappa shape index (κ3) is 7.58. The first-order chi connectivity index (χ1) is 15.2. The lowest BCUT2D eigenvalue weighted by Crippen LogP contribution is -2.43. The maximum Gasteiger partial charge on any atom is 0.191 e. The highest BCUT2D eigenvalue weighted by Crippen LogP contribution is 2.28. The Labute approximate surface area is 209 Å². The van der Waals surface area contributed by atoms with Crippen LogP contribution in [0.2, 0.25) is 0 Å². The highest BCUT2D eigenvalue weighted by atomic mass is 127. The summed E-state index contributed by atoms with van der Waals surface area (Å²) in [4.78, 5) is 6.87. The number of likely N-dealkylation sites (tertiary alicyclic amines) is 1. The Bertz CT molecular complexity index is 808. The third-order valence-corrected chi connectivity index (χ3v) is 5.45. The number of guanidine groups is 1. The molecule has 1 aliphatic heterocycles. The van der Waals surface area contributed by atoms with Gasteiger partial charge in [-0.15, -0.1) is 24.0 Å². The molecular weight excluding hydrogens is 519 g/mol. The molecular formula is C24H37IN4O3. The number of nitrogens with zero attached hydrogens (tertiary/aromatic N) is 2. The maximum atomic E-state index is 5.73. The summed E-state index contributed by atoms with van der Waals surface area (Å²) in [7, 11) is 1.80. The van der Waals surface area contributed by atoms with Gasteiger partial charge in [-0.2, -0.15) is 0 Å². The van der Waals surface area contributed by atoms with Crippen LogP contribution in [0.25, 0.3) is 0 Å². The van der Waals surface area contributed by atoms with E-state index in [9.17, 15) is 0 Å². The smallest absolute Gasteiger partial charge is 0.191 e. The van der Waals surface area contributed by atoms with Crippen molar-refractivity contribution in [3.05, 3.63) is 47.9 Å². The number of furan rings is 1. The second kappa shape index (κ2) is 14.3. The van der Waals surface area contributed by atoms with Crippen molar-refractivity contribution in [3.8, 4) is 11.5 Å². The van der Waals surface area contributed by atoms with Gasteiger partial charge in [-0.25, -0.2) is 0 Å². The molecule has 0 aliphatic carbocycles. The van der Waals surface area contributed by atoms with Crippen LogP contribution >= 0.6 is 24.0 Å². The first-order valence-corrected chi connectivity index (χ1v) is 11.4. The van der Waals surface area contributed by atoms with Crippen LogP contribution in [0.15, 0.2) is 46.0 Å². The molecule has 2 aromatic rings. The van der Waals surface area contributed by atoms with Crippen molar-refractivity contribution in [2.24, 2.45) is 4.99 Å². The zero-order chi connectivity index (χ0) is 21.9. The molecule has 8 heteroatoms. The van der Waals surface area contributed by atoms with Gasteiger partial charge in [0, 0.05) is 20.1 Å². The van der Waals surface area contributed by atoms with Gasteiger partial charge >= 0.3 is 0 Å². The van der Waals surface area contributed by atoms with Crippen LogP contribution in [0.4, 0.5) is 0 Å². The van der Waals surface area contributed by atoms with Gasteiger partial charge in [0.25, 0.3) is 0 Å². The van der Waals surface area contributed by atoms with Crippen molar-refractivity contribution < 1.29 is 13.9 Å². The van der Waals surface area contributed by atoms with E-state index in [-0.39, 0.29) is 30.0 Å². The van der Waals surface area contributed by atoms with Gasteiger partial charge in [0.1, 0.15) is 5.76 Å². The molecule has 32 heavy (non-hydrogen) atoms. The van der Waals surface area contributed by atoms with Crippen LogP contribution in [0.5, 0.6) is 11.5 Å². The van der Waals surface area contributed by atoms with Crippen molar-refractivity contribution in [1.29, 1.82) is 0 Å². The molecule has 1 aromatic carbocycles. The van der Waals surface area contributed by atoms with E-state index in [0.717, 1.165) is 55.8 Å². The summed E-state index contributed by atoms with van der Waals surface area (Å²) in [5, 5.41) is 6.89. The van der Waals surface area contributed by atoms with Gasteiger partial charge < -0.3 is 24.5 Å². The van der Waals surface area contributed by atoms with Crippen molar-refractivity contribution in [1.82, 2.24) is 15.5 Å². The Hall–Kier alpha value is -1.94. The van der Waals surface area contributed by atoms with Gasteiger partial charge in [0.2, 0.25) is 0 Å². The van der Waals surface area contributed by atoms with Crippen LogP contribution in [-0.2, 0) is 6.42 Å². The number of hydrogen-bond donors (Lipinski definition) is 2. The van der Waals surface area contributed by atoms with E-state index in [1.54, 1.807) is 13.3 Å². The molecule has 1 fully saturated rings. The van der Waals surface area contributed by atoms with E-state index in [2.05, 4.69) is 38.7 Å². The molecule has 1 aliphatic rings. The van der Waals surface area contributed by atoms with Crippen molar-refractivity contribution >= 4 is 29.9 Å². The molecule has 1 unspecified atom stereocenters. The van der Waals surface area contributed by atoms with E-state index in [4.69, 9.17) is 13.9 Å². The summed E-state index contributed by atoms with van der Waals surface area (Å²) in [6, 6.07) is 10.4. The average molecular weight is 556 g/mol. The van der Waals surface area contributed by atoms with Gasteiger partial charge in [-0.05, 0) is 76.0 Å². The quantitative estimate of drug-likeness (QED) is 0.245. The minimum absolute atomic E-state index is 0. The molecule has 0 radical (unpaired) electrons. The lowest BCUT2D eigenvalue weighted by molar-refractivity contribution is 0.215. The average Bonchev–Trinajstić information content (AvgIpc) is 3.50. The monoisotopic (exact) mass is 556 g/mol. The Morgan fingerprint density at radius 1 is 1.09 bits per heavy atom. The van der Waals surface area contributed by atoms with Gasteiger partial charge in [-0.1, -0.05) is 6.07 Å². The molecule has 1 atom stereocenters. The second-order valence-electron chi connectivity index (χ2n) is 7.55. The van der Waals surface area contributed by atoms with Crippen LogP contribution in [-0.4, -0.2) is 57.3 Å². The lowest BCUT2D eigenvalue weighted by Gasteiger charge is -2.26. The number of rotatable bonds is 11. The van der Waals surface area contributed by atoms with Crippen LogP contribution in [0, 0.1) is 0 Å². The van der Waals surface area contributed by atoms with Crippen molar-refractivity contribution in [2.75, 3.05) is 46.4 Å². The fourth-order valence-corrected chi connectivity index (χ4v) is 3.93. The number of aliphatic imine (C=N–C) groups is 1. The normalized spacial score (nSPS) is 15.2. The minimum Gasteiger partial charge on any atom is -0.490 e. The summed E-state index contributed by atoms with van der Waals surface area (Å²) in [5.74, 6) is 3.40. The summed E-state index contributed by atoms with van der Waals surface area (Å²) >= 11 is 0. The number of hydrogen-bond acceptors (Lipinski definition) is 5. The number of ether oxygens (including phenoxy) is 2. The van der Waals surface area contributed by atoms with E-state index in [1.165, 1.54) is 18.4 Å². The summed E-state index contributed by atoms with van der Waals surface area (Å²) < 4.78 is 17.1. The molecule has 3 rings (SSSR count). The topological polar surface area (TPSA) is 71.3 Å². The molecule has 0 bridgehead atoms. The third-order valence-electron chi connectivity index (χ3n) is 5.45. The molecule has 1 aromatic heterocycles. The van der Waals surface area contributed by atoms with Crippen LogP contribution in [0.3, 0.4) is 0 Å². The van der Waals surface area contributed by atoms with Crippen molar-refractivity contribution in [2.45, 2.75) is 39.2 Å². The highest BCUT2D eigenvalue weighted by Gasteiger charge is 2.25. The summed E-state index contributed by atoms with van der Waals surface area (Å²) in [5.41, 5.74) is 1.19. The van der Waals surface area contributed by atoms with Gasteiger partial charge in [-0.3, -0.25) is 9.89 Å². The Morgan fingerprint density at radius 2 is 1.84 bits per heavy atom. The zero-order valence-electron chi connectivity index (χ0n) is 19.4. The SMILES string of the molecule is CCOc1ccc(CCNC(=NC)NCC(c2ccco2)N2CCCC2)cc1OCC.I. The molecule has 7 nitrogen and oxygen atoms in total. The number of nitrogens with one attached hydrogen (secondary N) is 2. The first-order valence-electron chi connectivity index (χ1n) is 11.4. The Kier molecular flexibility index (Phi) is 11.7. The highest BCUT2D eigenvalue weighted by molar-refractivity contribution is 14.0. The maximum absolute atomic E-state index is 5.73. The molecule has 1 saturated heterocycles. The largest absolute Gasteiger partial charge is 0.490 e. The van der Waals surface area contributed by atoms with E-state index < -0.39 is 0 Å². The number of halogens is 1. The van der Waals surface area contributed by atoms with E-state index >= 15 is 0 Å². The fraction of sp³-hybridized carbons (Fsp3) is 0.542. The zero-order valence-corrected chi connectivity index (χ0v) is 21.8. The fourth-order valence-electron chi connectivity index (χ4n) is 3.93. The lowest BCUT2D eigenvalue weighted by atomic mass is 10.1. The minimum atomic E-state index is 0. The van der Waals surface area contributed by atoms with E-state index in [1.807, 2.05) is 26.0 Å². The van der Waals surface area contributed by atoms with Gasteiger partial charge in [0.05, 0.1) is 25.5 Å². The van der Waals surface area contributed by atoms with Gasteiger partial charge in [0.15, 0.2) is 17.5 Å².